The summed E-state index contributed by atoms with van der Waals surface area (Å²) < 4.78 is 18.4. The summed E-state index contributed by atoms with van der Waals surface area (Å²) in [6.07, 6.45) is -0.606. The molecular formula is C10H13BrFNO2. The summed E-state index contributed by atoms with van der Waals surface area (Å²) >= 11 is 3.28. The maximum absolute atomic E-state index is 12.9. The number of nitrogens with one attached hydrogen (secondary N) is 1. The summed E-state index contributed by atoms with van der Waals surface area (Å²) in [5.41, 5.74) is 0.616. The molecule has 0 aliphatic rings. The molecule has 0 saturated heterocycles. The van der Waals surface area contributed by atoms with Crippen molar-refractivity contribution in [2.24, 2.45) is 0 Å². The number of rotatable bonds is 5. The zero-order valence-corrected chi connectivity index (χ0v) is 9.92. The van der Waals surface area contributed by atoms with Gasteiger partial charge in [0.2, 0.25) is 0 Å². The van der Waals surface area contributed by atoms with Gasteiger partial charge in [-0.05, 0) is 34.1 Å². The third-order valence-electron chi connectivity index (χ3n) is 1.82. The normalized spacial score (nSPS) is 12.5. The summed E-state index contributed by atoms with van der Waals surface area (Å²) in [5.74, 6) is -0.318. The van der Waals surface area contributed by atoms with Crippen LogP contribution in [0.2, 0.25) is 0 Å². The van der Waals surface area contributed by atoms with E-state index in [1.54, 1.807) is 6.07 Å². The van der Waals surface area contributed by atoms with Crippen molar-refractivity contribution in [1.29, 1.82) is 0 Å². The molecule has 0 saturated carbocycles. The number of hydrogen-bond donors (Lipinski definition) is 2. The number of hydrogen-bond acceptors (Lipinski definition) is 3. The maximum atomic E-state index is 12.9. The van der Waals surface area contributed by atoms with Gasteiger partial charge in [0, 0.05) is 18.1 Å². The van der Waals surface area contributed by atoms with E-state index in [-0.39, 0.29) is 12.4 Å². The Hall–Kier alpha value is -0.650. The number of halogens is 2. The van der Waals surface area contributed by atoms with Crippen molar-refractivity contribution in [2.75, 3.05) is 25.6 Å². The molecule has 1 unspecified atom stereocenters. The second-order valence-electron chi connectivity index (χ2n) is 3.11. The average Bonchev–Trinajstić information content (AvgIpc) is 2.20. The van der Waals surface area contributed by atoms with Crippen molar-refractivity contribution in [1.82, 2.24) is 0 Å². The van der Waals surface area contributed by atoms with E-state index in [0.29, 0.717) is 12.2 Å². The highest BCUT2D eigenvalue weighted by Gasteiger charge is 2.05. The first kappa shape index (κ1) is 12.4. The van der Waals surface area contributed by atoms with E-state index < -0.39 is 6.10 Å². The minimum absolute atomic E-state index is 0.250. The molecule has 5 heteroatoms. The molecule has 1 aromatic carbocycles. The molecule has 1 atom stereocenters. The molecule has 0 fully saturated rings. The molecule has 0 heterocycles. The van der Waals surface area contributed by atoms with Gasteiger partial charge in [-0.15, -0.1) is 0 Å². The highest BCUT2D eigenvalue weighted by Crippen LogP contribution is 2.22. The van der Waals surface area contributed by atoms with Crippen molar-refractivity contribution in [3.05, 3.63) is 28.5 Å². The van der Waals surface area contributed by atoms with Gasteiger partial charge in [0.25, 0.3) is 0 Å². The zero-order valence-electron chi connectivity index (χ0n) is 8.34. The van der Waals surface area contributed by atoms with Crippen LogP contribution in [0, 0.1) is 5.82 Å². The largest absolute Gasteiger partial charge is 0.389 e. The molecule has 84 valence electrons. The summed E-state index contributed by atoms with van der Waals surface area (Å²) in [7, 11) is 1.52. The first-order valence-corrected chi connectivity index (χ1v) is 5.28. The molecule has 0 aliphatic carbocycles. The molecule has 1 rings (SSSR count). The molecule has 3 nitrogen and oxygen atoms in total. The van der Waals surface area contributed by atoms with E-state index >= 15 is 0 Å². The van der Waals surface area contributed by atoms with Gasteiger partial charge in [-0.3, -0.25) is 0 Å². The number of aliphatic hydroxyl groups is 1. The van der Waals surface area contributed by atoms with Crippen LogP contribution in [0.25, 0.3) is 0 Å². The van der Waals surface area contributed by atoms with Crippen LogP contribution >= 0.6 is 15.9 Å². The molecular weight excluding hydrogens is 265 g/mol. The van der Waals surface area contributed by atoms with Gasteiger partial charge in [0.05, 0.1) is 18.4 Å². The second-order valence-corrected chi connectivity index (χ2v) is 3.97. The smallest absolute Gasteiger partial charge is 0.125 e. The maximum Gasteiger partial charge on any atom is 0.125 e. The Morgan fingerprint density at radius 2 is 2.33 bits per heavy atom. The lowest BCUT2D eigenvalue weighted by molar-refractivity contribution is 0.0727. The molecule has 0 bridgehead atoms. The Morgan fingerprint density at radius 1 is 1.60 bits per heavy atom. The van der Waals surface area contributed by atoms with Gasteiger partial charge in [0.15, 0.2) is 0 Å². The molecule has 0 radical (unpaired) electrons. The quantitative estimate of drug-likeness (QED) is 0.865. The molecule has 0 spiro atoms. The van der Waals surface area contributed by atoms with E-state index in [9.17, 15) is 9.50 Å². The standard InChI is InChI=1S/C10H13BrFNO2/c1-15-6-8(14)5-13-10-4-7(12)2-3-9(10)11/h2-4,8,13-14H,5-6H2,1H3. The average molecular weight is 278 g/mol. The fraction of sp³-hybridized carbons (Fsp3) is 0.400. The van der Waals surface area contributed by atoms with Crippen LogP contribution in [-0.2, 0) is 4.74 Å². The number of anilines is 1. The van der Waals surface area contributed by atoms with Gasteiger partial charge in [-0.25, -0.2) is 4.39 Å². The number of ether oxygens (including phenoxy) is 1. The van der Waals surface area contributed by atoms with E-state index in [2.05, 4.69) is 21.2 Å². The minimum atomic E-state index is -0.606. The molecule has 1 aromatic rings. The van der Waals surface area contributed by atoms with Crippen LogP contribution in [0.4, 0.5) is 10.1 Å². The van der Waals surface area contributed by atoms with Crippen molar-refractivity contribution in [3.8, 4) is 0 Å². The Bertz CT molecular complexity index is 322. The van der Waals surface area contributed by atoms with Gasteiger partial charge < -0.3 is 15.2 Å². The Morgan fingerprint density at radius 3 is 3.00 bits per heavy atom. The number of aliphatic hydroxyl groups excluding tert-OH is 1. The van der Waals surface area contributed by atoms with Crippen molar-refractivity contribution < 1.29 is 14.2 Å². The summed E-state index contributed by atoms with van der Waals surface area (Å²) in [5, 5.41) is 12.3. The molecule has 0 amide bonds. The van der Waals surface area contributed by atoms with E-state index in [4.69, 9.17) is 4.74 Å². The Labute approximate surface area is 96.4 Å². The fourth-order valence-corrected chi connectivity index (χ4v) is 1.50. The monoisotopic (exact) mass is 277 g/mol. The third kappa shape index (κ3) is 4.15. The zero-order chi connectivity index (χ0) is 11.3. The lowest BCUT2D eigenvalue weighted by Gasteiger charge is -2.12. The van der Waals surface area contributed by atoms with Crippen molar-refractivity contribution >= 4 is 21.6 Å². The van der Waals surface area contributed by atoms with Gasteiger partial charge in [-0.1, -0.05) is 0 Å². The first-order chi connectivity index (χ1) is 7.13. The third-order valence-corrected chi connectivity index (χ3v) is 2.51. The Kier molecular flexibility index (Phi) is 5.01. The summed E-state index contributed by atoms with van der Waals surface area (Å²) in [4.78, 5) is 0. The number of benzene rings is 1. The number of methoxy groups -OCH3 is 1. The summed E-state index contributed by atoms with van der Waals surface area (Å²) in [6.45, 7) is 0.565. The molecule has 2 N–H and O–H groups in total. The molecule has 0 aromatic heterocycles. The predicted octanol–water partition coefficient (Wildman–Crippen LogP) is 2.01. The van der Waals surface area contributed by atoms with E-state index in [1.807, 2.05) is 0 Å². The lowest BCUT2D eigenvalue weighted by atomic mass is 10.3. The van der Waals surface area contributed by atoms with Gasteiger partial charge in [-0.2, -0.15) is 0 Å². The van der Waals surface area contributed by atoms with Gasteiger partial charge >= 0.3 is 0 Å². The first-order valence-electron chi connectivity index (χ1n) is 4.49. The minimum Gasteiger partial charge on any atom is -0.389 e. The highest BCUT2D eigenvalue weighted by molar-refractivity contribution is 9.10. The summed E-state index contributed by atoms with van der Waals surface area (Å²) in [6, 6.07) is 4.34. The Balaban J connectivity index is 2.53. The van der Waals surface area contributed by atoms with Crippen LogP contribution in [-0.4, -0.2) is 31.5 Å². The fourth-order valence-electron chi connectivity index (χ4n) is 1.11. The molecule has 0 aliphatic heterocycles. The van der Waals surface area contributed by atoms with Crippen LogP contribution in [0.3, 0.4) is 0 Å². The second kappa shape index (κ2) is 6.05. The van der Waals surface area contributed by atoms with E-state index in [0.717, 1.165) is 4.47 Å². The highest BCUT2D eigenvalue weighted by atomic mass is 79.9. The SMILES string of the molecule is COCC(O)CNc1cc(F)ccc1Br. The van der Waals surface area contributed by atoms with E-state index in [1.165, 1.54) is 19.2 Å². The van der Waals surface area contributed by atoms with Crippen molar-refractivity contribution in [2.45, 2.75) is 6.10 Å². The lowest BCUT2D eigenvalue weighted by Crippen LogP contribution is -2.24. The van der Waals surface area contributed by atoms with Crippen LogP contribution in [0.1, 0.15) is 0 Å². The van der Waals surface area contributed by atoms with Crippen LogP contribution in [0.5, 0.6) is 0 Å². The van der Waals surface area contributed by atoms with Crippen LogP contribution < -0.4 is 5.32 Å². The van der Waals surface area contributed by atoms with Crippen molar-refractivity contribution in [3.63, 3.8) is 0 Å². The van der Waals surface area contributed by atoms with Crippen LogP contribution in [0.15, 0.2) is 22.7 Å². The van der Waals surface area contributed by atoms with Gasteiger partial charge in [0.1, 0.15) is 5.82 Å². The predicted molar refractivity (Wildman–Crippen MR) is 60.5 cm³/mol. The topological polar surface area (TPSA) is 41.5 Å². The molecule has 15 heavy (non-hydrogen) atoms.